The number of hydrogen-bond donors (Lipinski definition) is 0. The summed E-state index contributed by atoms with van der Waals surface area (Å²) in [6, 6.07) is 5.65. The Morgan fingerprint density at radius 2 is 2.12 bits per heavy atom. The monoisotopic (exact) mass is 336 g/mol. The van der Waals surface area contributed by atoms with Crippen molar-refractivity contribution in [1.29, 1.82) is 0 Å². The van der Waals surface area contributed by atoms with E-state index in [1.54, 1.807) is 35.4 Å². The Labute approximate surface area is 141 Å². The van der Waals surface area contributed by atoms with Gasteiger partial charge >= 0.3 is 5.97 Å². The largest absolute Gasteiger partial charge is 0.465 e. The summed E-state index contributed by atoms with van der Waals surface area (Å²) in [4.78, 5) is 20.8. The smallest absolute Gasteiger partial charge is 0.348 e. The summed E-state index contributed by atoms with van der Waals surface area (Å²) < 4.78 is 6.48. The molecule has 0 radical (unpaired) electrons. The van der Waals surface area contributed by atoms with E-state index >= 15 is 0 Å². The van der Waals surface area contributed by atoms with Crippen LogP contribution in [0.15, 0.2) is 54.6 Å². The molecule has 4 aromatic rings. The summed E-state index contributed by atoms with van der Waals surface area (Å²) in [5, 5.41) is 6.28. The Morgan fingerprint density at radius 1 is 1.21 bits per heavy atom. The van der Waals surface area contributed by atoms with Crippen LogP contribution in [-0.2, 0) is 4.74 Å². The van der Waals surface area contributed by atoms with Crippen LogP contribution in [0.25, 0.3) is 27.9 Å². The van der Waals surface area contributed by atoms with E-state index in [2.05, 4.69) is 15.1 Å². The number of methoxy groups -OCH3 is 1. The third kappa shape index (κ3) is 2.44. The van der Waals surface area contributed by atoms with Crippen LogP contribution < -0.4 is 0 Å². The quantitative estimate of drug-likeness (QED) is 0.537. The molecule has 0 fully saturated rings. The maximum absolute atomic E-state index is 11.6. The fourth-order valence-corrected chi connectivity index (χ4v) is 3.27. The van der Waals surface area contributed by atoms with Gasteiger partial charge in [0, 0.05) is 41.5 Å². The van der Waals surface area contributed by atoms with Crippen molar-refractivity contribution in [3.63, 3.8) is 0 Å². The van der Waals surface area contributed by atoms with Gasteiger partial charge in [-0.3, -0.25) is 4.98 Å². The van der Waals surface area contributed by atoms with Gasteiger partial charge in [-0.05, 0) is 23.1 Å². The number of fused-ring (bicyclic) bond motifs is 1. The molecule has 0 N–H and O–H groups in total. The van der Waals surface area contributed by atoms with E-state index in [4.69, 9.17) is 4.74 Å². The molecule has 7 heteroatoms. The predicted octanol–water partition coefficient (Wildman–Crippen LogP) is 3.31. The average molecular weight is 336 g/mol. The van der Waals surface area contributed by atoms with Crippen LogP contribution in [-0.4, -0.2) is 32.7 Å². The van der Waals surface area contributed by atoms with Crippen molar-refractivity contribution in [2.24, 2.45) is 0 Å². The average Bonchev–Trinajstić information content (AvgIpc) is 3.28. The number of carbonyl (C=O) groups excluding carboxylic acids is 1. The molecule has 0 aromatic carbocycles. The molecule has 24 heavy (non-hydrogen) atoms. The number of carbonyl (C=O) groups is 1. The van der Waals surface area contributed by atoms with Gasteiger partial charge in [0.25, 0.3) is 0 Å². The van der Waals surface area contributed by atoms with Gasteiger partial charge in [0.05, 0.1) is 13.3 Å². The second-order valence-electron chi connectivity index (χ2n) is 5.10. The second-order valence-corrected chi connectivity index (χ2v) is 6.01. The third-order valence-electron chi connectivity index (χ3n) is 3.65. The van der Waals surface area contributed by atoms with E-state index < -0.39 is 0 Å². The van der Waals surface area contributed by atoms with E-state index in [1.807, 2.05) is 23.7 Å². The van der Waals surface area contributed by atoms with Crippen LogP contribution in [0, 0.1) is 0 Å². The van der Waals surface area contributed by atoms with Crippen LogP contribution in [0.3, 0.4) is 0 Å². The highest BCUT2D eigenvalue weighted by Crippen LogP contribution is 2.29. The molecule has 0 saturated heterocycles. The fourth-order valence-electron chi connectivity index (χ4n) is 2.45. The molecule has 4 heterocycles. The summed E-state index contributed by atoms with van der Waals surface area (Å²) in [7, 11) is 1.37. The zero-order valence-electron chi connectivity index (χ0n) is 12.7. The summed E-state index contributed by atoms with van der Waals surface area (Å²) in [5.41, 5.74) is 4.42. The van der Waals surface area contributed by atoms with Crippen LogP contribution >= 0.6 is 11.3 Å². The van der Waals surface area contributed by atoms with Crippen LogP contribution in [0.1, 0.15) is 9.67 Å². The minimum Gasteiger partial charge on any atom is -0.465 e. The van der Waals surface area contributed by atoms with Gasteiger partial charge < -0.3 is 4.74 Å². The van der Waals surface area contributed by atoms with Crippen molar-refractivity contribution in [1.82, 2.24) is 19.6 Å². The lowest BCUT2D eigenvalue weighted by Gasteiger charge is -2.01. The summed E-state index contributed by atoms with van der Waals surface area (Å²) in [6.07, 6.45) is 8.98. The first-order chi connectivity index (χ1) is 11.8. The van der Waals surface area contributed by atoms with Crippen molar-refractivity contribution in [3.8, 4) is 22.3 Å². The predicted molar refractivity (Wildman–Crippen MR) is 90.9 cm³/mol. The molecule has 0 aliphatic heterocycles. The highest BCUT2D eigenvalue weighted by molar-refractivity contribution is 7.12. The van der Waals surface area contributed by atoms with E-state index in [1.165, 1.54) is 18.4 Å². The molecule has 4 aromatic heterocycles. The lowest BCUT2D eigenvalue weighted by Crippen LogP contribution is -1.96. The molecule has 0 unspecified atom stereocenters. The lowest BCUT2D eigenvalue weighted by molar-refractivity contribution is 0.0606. The van der Waals surface area contributed by atoms with E-state index in [0.29, 0.717) is 4.88 Å². The molecule has 0 amide bonds. The van der Waals surface area contributed by atoms with Crippen LogP contribution in [0.4, 0.5) is 0 Å². The summed E-state index contributed by atoms with van der Waals surface area (Å²) >= 11 is 1.34. The van der Waals surface area contributed by atoms with Crippen molar-refractivity contribution in [3.05, 3.63) is 59.4 Å². The van der Waals surface area contributed by atoms with Crippen molar-refractivity contribution in [2.75, 3.05) is 7.11 Å². The zero-order chi connectivity index (χ0) is 16.5. The molecule has 0 atom stereocenters. The first-order valence-corrected chi connectivity index (χ1v) is 8.05. The highest BCUT2D eigenvalue weighted by atomic mass is 32.1. The number of hydrogen-bond acceptors (Lipinski definition) is 6. The van der Waals surface area contributed by atoms with Gasteiger partial charge in [0.15, 0.2) is 5.65 Å². The lowest BCUT2D eigenvalue weighted by atomic mass is 10.1. The molecule has 4 rings (SSSR count). The van der Waals surface area contributed by atoms with E-state index in [9.17, 15) is 4.79 Å². The fraction of sp³-hybridized carbons (Fsp3) is 0.0588. The van der Waals surface area contributed by atoms with Crippen LogP contribution in [0.2, 0.25) is 0 Å². The molecular formula is C17H12N4O2S. The number of pyridine rings is 1. The van der Waals surface area contributed by atoms with Crippen molar-refractivity contribution >= 4 is 23.0 Å². The van der Waals surface area contributed by atoms with Gasteiger partial charge in [0.2, 0.25) is 0 Å². The Balaban J connectivity index is 1.76. The molecule has 0 saturated carbocycles. The van der Waals surface area contributed by atoms with Gasteiger partial charge in [-0.1, -0.05) is 6.07 Å². The molecule has 0 spiro atoms. The zero-order valence-corrected chi connectivity index (χ0v) is 13.5. The number of esters is 1. The molecule has 118 valence electrons. The first kappa shape index (κ1) is 14.5. The molecular weight excluding hydrogens is 324 g/mol. The molecule has 0 aliphatic carbocycles. The van der Waals surface area contributed by atoms with E-state index in [0.717, 1.165) is 27.9 Å². The third-order valence-corrected chi connectivity index (χ3v) is 4.56. The second kappa shape index (κ2) is 5.86. The number of aromatic nitrogens is 4. The molecule has 0 bridgehead atoms. The Bertz CT molecular complexity index is 1020. The number of nitrogens with zero attached hydrogens (tertiary/aromatic N) is 4. The summed E-state index contributed by atoms with van der Waals surface area (Å²) in [6.45, 7) is 0. The first-order valence-electron chi connectivity index (χ1n) is 7.17. The minimum absolute atomic E-state index is 0.338. The number of thiophene rings is 1. The van der Waals surface area contributed by atoms with Gasteiger partial charge in [-0.2, -0.15) is 5.10 Å². The van der Waals surface area contributed by atoms with Crippen molar-refractivity contribution < 1.29 is 9.53 Å². The van der Waals surface area contributed by atoms with Crippen LogP contribution in [0.5, 0.6) is 0 Å². The van der Waals surface area contributed by atoms with Gasteiger partial charge in [-0.25, -0.2) is 14.3 Å². The normalized spacial score (nSPS) is 10.9. The highest BCUT2D eigenvalue weighted by Gasteiger charge is 2.14. The van der Waals surface area contributed by atoms with Gasteiger partial charge in [0.1, 0.15) is 4.88 Å². The van der Waals surface area contributed by atoms with E-state index in [-0.39, 0.29) is 5.97 Å². The molecule has 6 nitrogen and oxygen atoms in total. The minimum atomic E-state index is -0.338. The van der Waals surface area contributed by atoms with Crippen molar-refractivity contribution in [2.45, 2.75) is 0 Å². The number of ether oxygens (including phenoxy) is 1. The standard InChI is InChI=1S/C17H12N4O2S/c1-23-17(22)15-5-12(10-24-15)14-8-20-21-9-13(7-19-16(14)21)11-3-2-4-18-6-11/h2-10H,1H3. The maximum atomic E-state index is 11.6. The summed E-state index contributed by atoms with van der Waals surface area (Å²) in [5.74, 6) is -0.338. The Kier molecular flexibility index (Phi) is 3.55. The number of rotatable bonds is 3. The van der Waals surface area contributed by atoms with Gasteiger partial charge in [-0.15, -0.1) is 11.3 Å². The maximum Gasteiger partial charge on any atom is 0.348 e. The molecule has 0 aliphatic rings. The Morgan fingerprint density at radius 3 is 2.92 bits per heavy atom. The topological polar surface area (TPSA) is 69.4 Å². The Hall–Kier alpha value is -3.06. The SMILES string of the molecule is COC(=O)c1cc(-c2cnn3cc(-c4cccnc4)cnc23)cs1.